The molecule has 3 unspecified atom stereocenters. The molecule has 2 fully saturated rings. The van der Waals surface area contributed by atoms with Crippen molar-refractivity contribution < 1.29 is 0 Å². The monoisotopic (exact) mass is 328 g/mol. The molecule has 2 nitrogen and oxygen atoms in total. The van der Waals surface area contributed by atoms with Crippen LogP contribution in [0.1, 0.15) is 43.0 Å². The zero-order valence-corrected chi connectivity index (χ0v) is 13.0. The Bertz CT molecular complexity index is 406. The number of rotatable bonds is 3. The first kappa shape index (κ1) is 13.1. The number of nitrogens with zero attached hydrogens (tertiary/aromatic N) is 1. The van der Waals surface area contributed by atoms with Crippen molar-refractivity contribution in [3.63, 3.8) is 0 Å². The summed E-state index contributed by atoms with van der Waals surface area (Å²) in [5.41, 5.74) is 6.07. The third-order valence-electron chi connectivity index (χ3n) is 4.59. The van der Waals surface area contributed by atoms with Gasteiger partial charge in [-0.3, -0.25) is 4.90 Å². The van der Waals surface area contributed by atoms with Crippen molar-refractivity contribution in [2.24, 2.45) is 11.7 Å². The minimum atomic E-state index is 0.439. The maximum atomic E-state index is 6.07. The van der Waals surface area contributed by atoms with Gasteiger partial charge in [0, 0.05) is 27.3 Å². The fraction of sp³-hybridized carbons (Fsp3) is 0.714. The van der Waals surface area contributed by atoms with E-state index in [4.69, 9.17) is 5.73 Å². The molecule has 0 spiro atoms. The summed E-state index contributed by atoms with van der Waals surface area (Å²) >= 11 is 5.40. The minimum Gasteiger partial charge on any atom is -0.329 e. The van der Waals surface area contributed by atoms with Crippen LogP contribution < -0.4 is 5.73 Å². The number of thiophene rings is 1. The summed E-state index contributed by atoms with van der Waals surface area (Å²) in [4.78, 5) is 4.12. The highest BCUT2D eigenvalue weighted by Gasteiger charge is 2.39. The molecule has 3 rings (SSSR count). The van der Waals surface area contributed by atoms with Crippen molar-refractivity contribution in [1.82, 2.24) is 4.90 Å². The SMILES string of the molecule is NCC(c1cc(Br)cs1)N1CCC2CCCCC21. The van der Waals surface area contributed by atoms with Crippen LogP contribution in [0, 0.1) is 5.92 Å². The van der Waals surface area contributed by atoms with E-state index in [0.29, 0.717) is 6.04 Å². The van der Waals surface area contributed by atoms with E-state index in [9.17, 15) is 0 Å². The summed E-state index contributed by atoms with van der Waals surface area (Å²) in [5.74, 6) is 0.941. The van der Waals surface area contributed by atoms with Crippen molar-refractivity contribution in [2.45, 2.75) is 44.2 Å². The fourth-order valence-electron chi connectivity index (χ4n) is 3.75. The molecule has 1 aliphatic heterocycles. The number of hydrogen-bond donors (Lipinski definition) is 1. The number of likely N-dealkylation sites (tertiary alicyclic amines) is 1. The second-order valence-corrected chi connectivity index (χ2v) is 7.42. The van der Waals surface area contributed by atoms with E-state index in [2.05, 4.69) is 32.3 Å². The molecule has 1 aromatic rings. The van der Waals surface area contributed by atoms with Crippen LogP contribution in [0.5, 0.6) is 0 Å². The zero-order valence-electron chi connectivity index (χ0n) is 10.6. The van der Waals surface area contributed by atoms with Crippen LogP contribution in [0.15, 0.2) is 15.9 Å². The highest BCUT2D eigenvalue weighted by molar-refractivity contribution is 9.10. The molecule has 2 heterocycles. The third kappa shape index (κ3) is 2.40. The Morgan fingerprint density at radius 1 is 1.39 bits per heavy atom. The Morgan fingerprint density at radius 2 is 2.22 bits per heavy atom. The summed E-state index contributed by atoms with van der Waals surface area (Å²) < 4.78 is 1.19. The predicted molar refractivity (Wildman–Crippen MR) is 80.9 cm³/mol. The Kier molecular flexibility index (Phi) is 4.09. The number of hydrogen-bond acceptors (Lipinski definition) is 3. The molecule has 4 heteroatoms. The van der Waals surface area contributed by atoms with E-state index in [1.165, 1.54) is 48.0 Å². The molecule has 2 N–H and O–H groups in total. The van der Waals surface area contributed by atoms with Gasteiger partial charge in [-0.05, 0) is 53.7 Å². The van der Waals surface area contributed by atoms with Crippen LogP contribution >= 0.6 is 27.3 Å². The predicted octanol–water partition coefficient (Wildman–Crippen LogP) is 3.77. The van der Waals surface area contributed by atoms with Crippen molar-refractivity contribution in [1.29, 1.82) is 0 Å². The second-order valence-electron chi connectivity index (χ2n) is 5.56. The lowest BCUT2D eigenvalue weighted by Crippen LogP contribution is -2.40. The van der Waals surface area contributed by atoms with Gasteiger partial charge in [0.1, 0.15) is 0 Å². The summed E-state index contributed by atoms with van der Waals surface area (Å²) in [5, 5.41) is 2.17. The van der Waals surface area contributed by atoms with E-state index in [-0.39, 0.29) is 0 Å². The molecule has 1 aliphatic carbocycles. The van der Waals surface area contributed by atoms with Crippen molar-refractivity contribution >= 4 is 27.3 Å². The van der Waals surface area contributed by atoms with Gasteiger partial charge >= 0.3 is 0 Å². The fourth-order valence-corrected chi connectivity index (χ4v) is 5.33. The van der Waals surface area contributed by atoms with E-state index in [1.807, 2.05) is 11.3 Å². The van der Waals surface area contributed by atoms with Crippen LogP contribution in [0.2, 0.25) is 0 Å². The molecular weight excluding hydrogens is 308 g/mol. The summed E-state index contributed by atoms with van der Waals surface area (Å²) in [7, 11) is 0. The van der Waals surface area contributed by atoms with Crippen LogP contribution in [0.25, 0.3) is 0 Å². The second kappa shape index (κ2) is 5.61. The maximum absolute atomic E-state index is 6.07. The van der Waals surface area contributed by atoms with Crippen molar-refractivity contribution in [3.8, 4) is 0 Å². The average molecular weight is 329 g/mol. The van der Waals surface area contributed by atoms with Gasteiger partial charge in [-0.25, -0.2) is 0 Å². The molecule has 2 aliphatic rings. The third-order valence-corrected chi connectivity index (χ3v) is 6.39. The Hall–Kier alpha value is 0.1000. The van der Waals surface area contributed by atoms with E-state index in [0.717, 1.165) is 18.5 Å². The lowest BCUT2D eigenvalue weighted by molar-refractivity contribution is 0.137. The smallest absolute Gasteiger partial charge is 0.0567 e. The molecule has 18 heavy (non-hydrogen) atoms. The molecule has 100 valence electrons. The van der Waals surface area contributed by atoms with Gasteiger partial charge in [0.2, 0.25) is 0 Å². The normalized spacial score (nSPS) is 30.3. The number of nitrogens with two attached hydrogens (primary N) is 1. The Balaban J connectivity index is 1.79. The van der Waals surface area contributed by atoms with Crippen molar-refractivity contribution in [3.05, 3.63) is 20.8 Å². The van der Waals surface area contributed by atoms with Crippen LogP contribution in [0.3, 0.4) is 0 Å². The molecule has 0 amide bonds. The molecule has 1 saturated heterocycles. The largest absolute Gasteiger partial charge is 0.329 e. The first-order valence-electron chi connectivity index (χ1n) is 6.99. The highest BCUT2D eigenvalue weighted by Crippen LogP contribution is 2.41. The molecule has 0 radical (unpaired) electrons. The standard InChI is InChI=1S/C14H21BrN2S/c15-11-7-14(18-9-11)13(8-16)17-6-5-10-3-1-2-4-12(10)17/h7,9-10,12-13H,1-6,8,16H2. The molecule has 1 saturated carbocycles. The first-order chi connectivity index (χ1) is 8.79. The van der Waals surface area contributed by atoms with Crippen molar-refractivity contribution in [2.75, 3.05) is 13.1 Å². The van der Waals surface area contributed by atoms with E-state index >= 15 is 0 Å². The lowest BCUT2D eigenvalue weighted by Gasteiger charge is -2.36. The summed E-state index contributed by atoms with van der Waals surface area (Å²) in [6.07, 6.45) is 7.05. The van der Waals surface area contributed by atoms with Gasteiger partial charge in [0.25, 0.3) is 0 Å². The maximum Gasteiger partial charge on any atom is 0.0567 e. The lowest BCUT2D eigenvalue weighted by atomic mass is 9.85. The molecule has 1 aromatic heterocycles. The zero-order chi connectivity index (χ0) is 12.5. The first-order valence-corrected chi connectivity index (χ1v) is 8.66. The minimum absolute atomic E-state index is 0.439. The van der Waals surface area contributed by atoms with Gasteiger partial charge in [0.05, 0.1) is 6.04 Å². The van der Waals surface area contributed by atoms with E-state index < -0.39 is 0 Å². The summed E-state index contributed by atoms with van der Waals surface area (Å²) in [6, 6.07) is 3.49. The molecule has 3 atom stereocenters. The Labute approximate surface area is 122 Å². The van der Waals surface area contributed by atoms with Gasteiger partial charge in [0.15, 0.2) is 0 Å². The van der Waals surface area contributed by atoms with Gasteiger partial charge in [-0.2, -0.15) is 0 Å². The average Bonchev–Trinajstić information content (AvgIpc) is 2.98. The van der Waals surface area contributed by atoms with Gasteiger partial charge in [-0.15, -0.1) is 11.3 Å². The van der Waals surface area contributed by atoms with Crippen LogP contribution in [0.4, 0.5) is 0 Å². The number of fused-ring (bicyclic) bond motifs is 1. The van der Waals surface area contributed by atoms with Gasteiger partial charge < -0.3 is 5.73 Å². The topological polar surface area (TPSA) is 29.3 Å². The highest BCUT2D eigenvalue weighted by atomic mass is 79.9. The van der Waals surface area contributed by atoms with Gasteiger partial charge in [-0.1, -0.05) is 12.8 Å². The molecule has 0 aromatic carbocycles. The summed E-state index contributed by atoms with van der Waals surface area (Å²) in [6.45, 7) is 1.99. The number of halogens is 1. The molecule has 0 bridgehead atoms. The van der Waals surface area contributed by atoms with Crippen LogP contribution in [-0.4, -0.2) is 24.0 Å². The van der Waals surface area contributed by atoms with Crippen LogP contribution in [-0.2, 0) is 0 Å². The quantitative estimate of drug-likeness (QED) is 0.914. The Morgan fingerprint density at radius 3 is 2.94 bits per heavy atom. The van der Waals surface area contributed by atoms with E-state index in [1.54, 1.807) is 0 Å². The molecular formula is C14H21BrN2S.